The van der Waals surface area contributed by atoms with Gasteiger partial charge >= 0.3 is 5.97 Å². The van der Waals surface area contributed by atoms with Crippen molar-refractivity contribution in [3.63, 3.8) is 0 Å². The van der Waals surface area contributed by atoms with Crippen LogP contribution in [0.4, 0.5) is 5.69 Å². The molecule has 1 saturated carbocycles. The Morgan fingerprint density at radius 3 is 2.95 bits per heavy atom. The molecule has 0 amide bonds. The lowest BCUT2D eigenvalue weighted by Gasteiger charge is -2.19. The minimum Gasteiger partial charge on any atom is -0.481 e. The van der Waals surface area contributed by atoms with E-state index in [1.165, 1.54) is 0 Å². The summed E-state index contributed by atoms with van der Waals surface area (Å²) in [6.45, 7) is 1.75. The van der Waals surface area contributed by atoms with Crippen LogP contribution in [0.2, 0.25) is 0 Å². The first-order valence-electron chi connectivity index (χ1n) is 6.82. The zero-order valence-corrected chi connectivity index (χ0v) is 10.8. The highest BCUT2D eigenvalue weighted by atomic mass is 16.4. The number of carboxylic acid groups (broad SMARTS) is 1. The van der Waals surface area contributed by atoms with Gasteiger partial charge in [0.1, 0.15) is 0 Å². The highest BCUT2D eigenvalue weighted by Crippen LogP contribution is 2.45. The zero-order valence-electron chi connectivity index (χ0n) is 10.8. The van der Waals surface area contributed by atoms with E-state index in [-0.39, 0.29) is 12.3 Å². The molecule has 1 atom stereocenters. The minimum absolute atomic E-state index is 0.164. The van der Waals surface area contributed by atoms with E-state index in [1.807, 2.05) is 12.4 Å². The molecule has 1 N–H and O–H groups in total. The van der Waals surface area contributed by atoms with Gasteiger partial charge in [-0.15, -0.1) is 0 Å². The highest BCUT2D eigenvalue weighted by Gasteiger charge is 2.33. The maximum Gasteiger partial charge on any atom is 0.303 e. The average molecular weight is 258 g/mol. The fourth-order valence-corrected chi connectivity index (χ4v) is 2.75. The van der Waals surface area contributed by atoms with Gasteiger partial charge in [-0.3, -0.25) is 9.79 Å². The molecule has 0 aromatic heterocycles. The first-order valence-corrected chi connectivity index (χ1v) is 6.82. The Labute approximate surface area is 112 Å². The van der Waals surface area contributed by atoms with Gasteiger partial charge < -0.3 is 10.0 Å². The van der Waals surface area contributed by atoms with Crippen LogP contribution in [0, 0.1) is 5.92 Å². The number of carboxylic acids is 1. The van der Waals surface area contributed by atoms with Crippen molar-refractivity contribution in [2.24, 2.45) is 10.9 Å². The number of anilines is 1. The molecule has 2 aliphatic rings. The lowest BCUT2D eigenvalue weighted by Crippen LogP contribution is -2.18. The molecule has 1 aromatic carbocycles. The summed E-state index contributed by atoms with van der Waals surface area (Å²) in [6, 6.07) is 8.27. The Morgan fingerprint density at radius 1 is 1.47 bits per heavy atom. The molecule has 1 heterocycles. The summed E-state index contributed by atoms with van der Waals surface area (Å²) in [7, 11) is 0. The quantitative estimate of drug-likeness (QED) is 0.882. The van der Waals surface area contributed by atoms with E-state index in [0.29, 0.717) is 5.92 Å². The minimum atomic E-state index is -0.704. The third-order valence-corrected chi connectivity index (χ3v) is 3.91. The normalized spacial score (nSPS) is 19.7. The maximum atomic E-state index is 11.0. The number of hydrogen-bond donors (Lipinski definition) is 1. The van der Waals surface area contributed by atoms with Gasteiger partial charge in [-0.05, 0) is 42.4 Å². The van der Waals surface area contributed by atoms with Crippen LogP contribution in [0.3, 0.4) is 0 Å². The van der Waals surface area contributed by atoms with Crippen LogP contribution < -0.4 is 4.90 Å². The van der Waals surface area contributed by atoms with Crippen LogP contribution in [-0.2, 0) is 4.79 Å². The lowest BCUT2D eigenvalue weighted by atomic mass is 9.90. The van der Waals surface area contributed by atoms with Crippen LogP contribution in [-0.4, -0.2) is 30.5 Å². The second-order valence-electron chi connectivity index (χ2n) is 5.35. The van der Waals surface area contributed by atoms with Gasteiger partial charge in [-0.2, -0.15) is 0 Å². The van der Waals surface area contributed by atoms with Crippen LogP contribution in [0.25, 0.3) is 0 Å². The number of aliphatic carboxylic acids is 1. The maximum absolute atomic E-state index is 11.0. The summed E-state index contributed by atoms with van der Waals surface area (Å²) in [5, 5.41) is 9.07. The standard InChI is InChI=1S/C15H18N2O2/c18-15(19)9-14(11-4-5-11)12-2-1-3-13(8-12)17-7-6-16-10-17/h1-3,8,10-11,14H,4-7,9H2,(H,18,19). The topological polar surface area (TPSA) is 52.9 Å². The fourth-order valence-electron chi connectivity index (χ4n) is 2.75. The van der Waals surface area contributed by atoms with Gasteiger partial charge in [0.15, 0.2) is 0 Å². The molecule has 1 unspecified atom stereocenters. The molecule has 1 fully saturated rings. The first kappa shape index (κ1) is 12.2. The lowest BCUT2D eigenvalue weighted by molar-refractivity contribution is -0.137. The van der Waals surface area contributed by atoms with Gasteiger partial charge in [-0.25, -0.2) is 0 Å². The van der Waals surface area contributed by atoms with E-state index in [0.717, 1.165) is 37.2 Å². The third-order valence-electron chi connectivity index (χ3n) is 3.91. The SMILES string of the molecule is O=C(O)CC(c1cccc(N2C=NCC2)c1)C1CC1. The van der Waals surface area contributed by atoms with E-state index < -0.39 is 5.97 Å². The van der Waals surface area contributed by atoms with E-state index in [4.69, 9.17) is 5.11 Å². The third kappa shape index (κ3) is 2.78. The van der Waals surface area contributed by atoms with Crippen molar-refractivity contribution in [1.29, 1.82) is 0 Å². The summed E-state index contributed by atoms with van der Waals surface area (Å²) in [5.74, 6) is 0.0145. The molecule has 3 rings (SSSR count). The number of benzene rings is 1. The number of hydrogen-bond acceptors (Lipinski definition) is 3. The molecule has 1 aliphatic carbocycles. The molecular weight excluding hydrogens is 240 g/mol. The van der Waals surface area contributed by atoms with Gasteiger partial charge in [-0.1, -0.05) is 12.1 Å². The number of aliphatic imine (C=N–C) groups is 1. The molecule has 0 radical (unpaired) electrons. The summed E-state index contributed by atoms with van der Waals surface area (Å²) >= 11 is 0. The number of rotatable bonds is 5. The van der Waals surface area contributed by atoms with Crippen molar-refractivity contribution in [3.05, 3.63) is 29.8 Å². The Hall–Kier alpha value is -1.84. The van der Waals surface area contributed by atoms with Gasteiger partial charge in [0, 0.05) is 12.2 Å². The summed E-state index contributed by atoms with van der Waals surface area (Å²) in [6.07, 6.45) is 4.42. The van der Waals surface area contributed by atoms with Crippen LogP contribution >= 0.6 is 0 Å². The largest absolute Gasteiger partial charge is 0.481 e. The van der Waals surface area contributed by atoms with Gasteiger partial charge in [0.05, 0.1) is 19.3 Å². The molecule has 1 aromatic rings. The predicted molar refractivity (Wildman–Crippen MR) is 74.9 cm³/mol. The monoisotopic (exact) mass is 258 g/mol. The molecule has 1 aliphatic heterocycles. The second-order valence-corrected chi connectivity index (χ2v) is 5.35. The van der Waals surface area contributed by atoms with E-state index in [1.54, 1.807) is 0 Å². The zero-order chi connectivity index (χ0) is 13.2. The molecule has 4 nitrogen and oxygen atoms in total. The van der Waals surface area contributed by atoms with Gasteiger partial charge in [0.2, 0.25) is 0 Å². The molecule has 0 saturated heterocycles. The molecule has 19 heavy (non-hydrogen) atoms. The second kappa shape index (κ2) is 5.03. The van der Waals surface area contributed by atoms with Crippen molar-refractivity contribution in [3.8, 4) is 0 Å². The van der Waals surface area contributed by atoms with Crippen molar-refractivity contribution in [2.75, 3.05) is 18.0 Å². The molecule has 0 bridgehead atoms. The smallest absolute Gasteiger partial charge is 0.303 e. The molecule has 4 heteroatoms. The number of carbonyl (C=O) groups is 1. The van der Waals surface area contributed by atoms with Crippen molar-refractivity contribution in [1.82, 2.24) is 0 Å². The summed E-state index contributed by atoms with van der Waals surface area (Å²) in [4.78, 5) is 17.4. The van der Waals surface area contributed by atoms with Crippen molar-refractivity contribution in [2.45, 2.75) is 25.2 Å². The Morgan fingerprint density at radius 2 is 2.32 bits per heavy atom. The molecule has 0 spiro atoms. The number of nitrogens with zero attached hydrogens (tertiary/aromatic N) is 2. The van der Waals surface area contributed by atoms with Crippen molar-refractivity contribution < 1.29 is 9.90 Å². The Balaban J connectivity index is 1.83. The fraction of sp³-hybridized carbons (Fsp3) is 0.467. The van der Waals surface area contributed by atoms with Crippen molar-refractivity contribution >= 4 is 18.0 Å². The Kier molecular flexibility index (Phi) is 3.23. The molecule has 100 valence electrons. The molecular formula is C15H18N2O2. The van der Waals surface area contributed by atoms with Crippen LogP contribution in [0.5, 0.6) is 0 Å². The van der Waals surface area contributed by atoms with Crippen LogP contribution in [0.1, 0.15) is 30.7 Å². The van der Waals surface area contributed by atoms with Crippen LogP contribution in [0.15, 0.2) is 29.3 Å². The summed E-state index contributed by atoms with van der Waals surface area (Å²) in [5.41, 5.74) is 2.28. The Bertz CT molecular complexity index is 509. The van der Waals surface area contributed by atoms with E-state index >= 15 is 0 Å². The first-order chi connectivity index (χ1) is 9.24. The highest BCUT2D eigenvalue weighted by molar-refractivity contribution is 5.81. The predicted octanol–water partition coefficient (Wildman–Crippen LogP) is 2.50. The summed E-state index contributed by atoms with van der Waals surface area (Å²) < 4.78 is 0. The van der Waals surface area contributed by atoms with E-state index in [2.05, 4.69) is 28.1 Å². The average Bonchev–Trinajstić information content (AvgIpc) is 3.09. The van der Waals surface area contributed by atoms with Gasteiger partial charge in [0.25, 0.3) is 0 Å². The van der Waals surface area contributed by atoms with E-state index in [9.17, 15) is 4.79 Å².